The summed E-state index contributed by atoms with van der Waals surface area (Å²) in [7, 11) is 0. The minimum absolute atomic E-state index is 0.163. The van der Waals surface area contributed by atoms with Crippen molar-refractivity contribution in [1.82, 2.24) is 5.32 Å². The van der Waals surface area contributed by atoms with Crippen molar-refractivity contribution < 1.29 is 14.7 Å². The van der Waals surface area contributed by atoms with Gasteiger partial charge in [-0.3, -0.25) is 4.79 Å². The van der Waals surface area contributed by atoms with E-state index in [0.717, 1.165) is 4.90 Å². The number of amides is 1. The van der Waals surface area contributed by atoms with Crippen LogP contribution in [0.1, 0.15) is 20.8 Å². The number of carboxylic acids is 1. The van der Waals surface area contributed by atoms with Crippen molar-refractivity contribution in [2.75, 3.05) is 0 Å². The Bertz CT molecular complexity index is 476. The summed E-state index contributed by atoms with van der Waals surface area (Å²) in [6, 6.07) is 6.29. The van der Waals surface area contributed by atoms with Crippen molar-refractivity contribution >= 4 is 35.2 Å². The number of rotatable bonds is 6. The molecule has 0 heterocycles. The van der Waals surface area contributed by atoms with Gasteiger partial charge in [-0.25, -0.2) is 4.79 Å². The van der Waals surface area contributed by atoms with Gasteiger partial charge in [-0.05, 0) is 37.1 Å². The molecule has 0 spiro atoms. The number of nitrogens with one attached hydrogen (secondary N) is 1. The van der Waals surface area contributed by atoms with Crippen LogP contribution in [-0.4, -0.2) is 28.3 Å². The van der Waals surface area contributed by atoms with Gasteiger partial charge in [0.25, 0.3) is 0 Å². The molecule has 2 N–H and O–H groups in total. The van der Waals surface area contributed by atoms with Gasteiger partial charge in [0.2, 0.25) is 5.91 Å². The Morgan fingerprint density at radius 3 is 2.20 bits per heavy atom. The monoisotopic (exact) mass is 315 g/mol. The zero-order valence-corrected chi connectivity index (χ0v) is 13.2. The molecule has 110 valence electrons. The lowest BCUT2D eigenvalue weighted by molar-refractivity contribution is -0.143. The number of aliphatic carboxylic acids is 1. The van der Waals surface area contributed by atoms with E-state index >= 15 is 0 Å². The molecule has 1 amide bonds. The lowest BCUT2D eigenvalue weighted by Crippen LogP contribution is -2.46. The van der Waals surface area contributed by atoms with Crippen molar-refractivity contribution in [1.29, 1.82) is 0 Å². The van der Waals surface area contributed by atoms with E-state index in [0.29, 0.717) is 5.02 Å². The highest BCUT2D eigenvalue weighted by Crippen LogP contribution is 2.24. The van der Waals surface area contributed by atoms with E-state index in [4.69, 9.17) is 16.7 Å². The molecule has 0 aromatic heterocycles. The third kappa shape index (κ3) is 5.06. The van der Waals surface area contributed by atoms with Crippen molar-refractivity contribution in [2.45, 2.75) is 37.0 Å². The molecule has 0 aliphatic carbocycles. The summed E-state index contributed by atoms with van der Waals surface area (Å²) in [5.41, 5.74) is 0. The molecule has 20 heavy (non-hydrogen) atoms. The van der Waals surface area contributed by atoms with Crippen LogP contribution in [-0.2, 0) is 9.59 Å². The average Bonchev–Trinajstić information content (AvgIpc) is 2.37. The van der Waals surface area contributed by atoms with Crippen LogP contribution in [0.5, 0.6) is 0 Å². The summed E-state index contributed by atoms with van der Waals surface area (Å²) >= 11 is 7.16. The number of thioether (sulfide) groups is 1. The molecule has 1 rings (SSSR count). The number of carbonyl (C=O) groups excluding carboxylic acids is 1. The Balaban J connectivity index is 2.62. The fraction of sp³-hybridized carbons (Fsp3) is 0.429. The molecule has 2 atom stereocenters. The van der Waals surface area contributed by atoms with Crippen LogP contribution in [0.2, 0.25) is 5.02 Å². The Morgan fingerprint density at radius 2 is 1.75 bits per heavy atom. The third-order valence-electron chi connectivity index (χ3n) is 2.73. The summed E-state index contributed by atoms with van der Waals surface area (Å²) in [6.45, 7) is 5.26. The first-order valence-electron chi connectivity index (χ1n) is 6.26. The van der Waals surface area contributed by atoms with Crippen LogP contribution in [0.4, 0.5) is 0 Å². The number of hydrogen-bond donors (Lipinski definition) is 2. The topological polar surface area (TPSA) is 66.4 Å². The standard InChI is InChI=1S/C14H18ClNO3S/c1-8(2)12(14(18)19)16-13(17)9(3)20-11-6-4-10(15)5-7-11/h4-9,12H,1-3H3,(H,16,17)(H,18,19)/t9?,12-/m1/s1. The number of benzene rings is 1. The second-order valence-corrected chi connectivity index (χ2v) is 6.63. The maximum absolute atomic E-state index is 12.0. The maximum atomic E-state index is 12.0. The van der Waals surface area contributed by atoms with Crippen LogP contribution in [0.3, 0.4) is 0 Å². The first-order valence-corrected chi connectivity index (χ1v) is 7.52. The predicted molar refractivity (Wildman–Crippen MR) is 81.2 cm³/mol. The van der Waals surface area contributed by atoms with Gasteiger partial charge in [0.15, 0.2) is 0 Å². The predicted octanol–water partition coefficient (Wildman–Crippen LogP) is 3.05. The molecule has 0 bridgehead atoms. The molecule has 0 aliphatic rings. The summed E-state index contributed by atoms with van der Waals surface area (Å²) in [5.74, 6) is -1.47. The van der Waals surface area contributed by atoms with Crippen molar-refractivity contribution in [3.05, 3.63) is 29.3 Å². The quantitative estimate of drug-likeness (QED) is 0.792. The zero-order chi connectivity index (χ0) is 15.3. The van der Waals surface area contributed by atoms with Crippen molar-refractivity contribution in [3.8, 4) is 0 Å². The van der Waals surface area contributed by atoms with Gasteiger partial charge in [-0.15, -0.1) is 11.8 Å². The van der Waals surface area contributed by atoms with E-state index in [1.165, 1.54) is 11.8 Å². The van der Waals surface area contributed by atoms with Crippen LogP contribution >= 0.6 is 23.4 Å². The molecule has 6 heteroatoms. The molecule has 1 aromatic carbocycles. The van der Waals surface area contributed by atoms with Crippen LogP contribution in [0.15, 0.2) is 29.2 Å². The molecule has 4 nitrogen and oxygen atoms in total. The number of halogens is 1. The molecule has 0 saturated heterocycles. The molecule has 1 aromatic rings. The van der Waals surface area contributed by atoms with Gasteiger partial charge in [0.1, 0.15) is 6.04 Å². The number of carbonyl (C=O) groups is 2. The van der Waals surface area contributed by atoms with Crippen LogP contribution < -0.4 is 5.32 Å². The Kier molecular flexibility index (Phi) is 6.36. The lowest BCUT2D eigenvalue weighted by atomic mass is 10.0. The van der Waals surface area contributed by atoms with Gasteiger partial charge in [0.05, 0.1) is 5.25 Å². The fourth-order valence-electron chi connectivity index (χ4n) is 1.55. The molecule has 0 saturated carbocycles. The summed E-state index contributed by atoms with van der Waals surface area (Å²) in [4.78, 5) is 24.0. The molecule has 0 aliphatic heterocycles. The molecular weight excluding hydrogens is 298 g/mol. The molecule has 1 unspecified atom stereocenters. The highest BCUT2D eigenvalue weighted by molar-refractivity contribution is 8.00. The van der Waals surface area contributed by atoms with Crippen molar-refractivity contribution in [3.63, 3.8) is 0 Å². The lowest BCUT2D eigenvalue weighted by Gasteiger charge is -2.20. The first kappa shape index (κ1) is 16.9. The van der Waals surface area contributed by atoms with E-state index < -0.39 is 12.0 Å². The molecular formula is C14H18ClNO3S. The fourth-order valence-corrected chi connectivity index (χ4v) is 2.56. The van der Waals surface area contributed by atoms with Gasteiger partial charge in [-0.1, -0.05) is 25.4 Å². The highest BCUT2D eigenvalue weighted by atomic mass is 35.5. The summed E-state index contributed by atoms with van der Waals surface area (Å²) in [5, 5.41) is 11.9. The van der Waals surface area contributed by atoms with E-state index in [1.54, 1.807) is 32.9 Å². The number of hydrogen-bond acceptors (Lipinski definition) is 3. The minimum Gasteiger partial charge on any atom is -0.480 e. The Morgan fingerprint density at radius 1 is 1.20 bits per heavy atom. The second-order valence-electron chi connectivity index (χ2n) is 4.78. The maximum Gasteiger partial charge on any atom is 0.326 e. The van der Waals surface area contributed by atoms with Gasteiger partial charge in [-0.2, -0.15) is 0 Å². The van der Waals surface area contributed by atoms with E-state index in [-0.39, 0.29) is 17.1 Å². The minimum atomic E-state index is -1.02. The normalized spacial score (nSPS) is 13.8. The van der Waals surface area contributed by atoms with Gasteiger partial charge >= 0.3 is 5.97 Å². The summed E-state index contributed by atoms with van der Waals surface area (Å²) < 4.78 is 0. The van der Waals surface area contributed by atoms with Gasteiger partial charge in [0, 0.05) is 9.92 Å². The van der Waals surface area contributed by atoms with Crippen LogP contribution in [0, 0.1) is 5.92 Å². The Labute approximate surface area is 127 Å². The SMILES string of the molecule is CC(Sc1ccc(Cl)cc1)C(=O)N[C@@H](C(=O)O)C(C)C. The molecule has 0 fully saturated rings. The highest BCUT2D eigenvalue weighted by Gasteiger charge is 2.25. The number of carboxylic acid groups (broad SMARTS) is 1. The van der Waals surface area contributed by atoms with Gasteiger partial charge < -0.3 is 10.4 Å². The first-order chi connectivity index (χ1) is 9.31. The third-order valence-corrected chi connectivity index (χ3v) is 4.09. The summed E-state index contributed by atoms with van der Waals surface area (Å²) in [6.07, 6.45) is 0. The average molecular weight is 316 g/mol. The molecule has 0 radical (unpaired) electrons. The van der Waals surface area contributed by atoms with E-state index in [9.17, 15) is 9.59 Å². The largest absolute Gasteiger partial charge is 0.480 e. The zero-order valence-electron chi connectivity index (χ0n) is 11.6. The Hall–Kier alpha value is -1.20. The van der Waals surface area contributed by atoms with Crippen molar-refractivity contribution in [2.24, 2.45) is 5.92 Å². The van der Waals surface area contributed by atoms with E-state index in [1.807, 2.05) is 12.1 Å². The van der Waals surface area contributed by atoms with Crippen LogP contribution in [0.25, 0.3) is 0 Å². The van der Waals surface area contributed by atoms with E-state index in [2.05, 4.69) is 5.32 Å². The smallest absolute Gasteiger partial charge is 0.326 e. The second kappa shape index (κ2) is 7.55.